The molecule has 0 saturated carbocycles. The number of hydrogen-bond acceptors (Lipinski definition) is 2. The minimum Gasteiger partial charge on any atom is -0.309 e. The Morgan fingerprint density at radius 2 is 2.12 bits per heavy atom. The van der Waals surface area contributed by atoms with Crippen molar-refractivity contribution in [1.82, 2.24) is 15.1 Å². The molecule has 4 heteroatoms. The van der Waals surface area contributed by atoms with Crippen molar-refractivity contribution in [2.45, 2.75) is 52.6 Å². The molecule has 1 N–H and O–H groups in total. The minimum absolute atomic E-state index is 0.418. The molecule has 1 rings (SSSR count). The van der Waals surface area contributed by atoms with Crippen molar-refractivity contribution in [2.24, 2.45) is 0 Å². The van der Waals surface area contributed by atoms with Crippen molar-refractivity contribution < 1.29 is 0 Å². The Labute approximate surface area is 107 Å². The third-order valence-corrected chi connectivity index (χ3v) is 3.29. The van der Waals surface area contributed by atoms with Crippen molar-refractivity contribution >= 4 is 15.9 Å². The number of nitrogens with one attached hydrogen (secondary N) is 1. The van der Waals surface area contributed by atoms with Crippen LogP contribution in [0.3, 0.4) is 0 Å². The van der Waals surface area contributed by atoms with Crippen LogP contribution in [0, 0.1) is 0 Å². The lowest BCUT2D eigenvalue weighted by Crippen LogP contribution is -2.25. The number of aromatic nitrogens is 2. The van der Waals surface area contributed by atoms with Crippen LogP contribution in [0.4, 0.5) is 0 Å². The van der Waals surface area contributed by atoms with Crippen LogP contribution in [0.15, 0.2) is 10.7 Å². The van der Waals surface area contributed by atoms with Crippen LogP contribution in [0.2, 0.25) is 0 Å². The highest BCUT2D eigenvalue weighted by molar-refractivity contribution is 9.10. The van der Waals surface area contributed by atoms with E-state index in [1.807, 2.05) is 6.20 Å². The van der Waals surface area contributed by atoms with Gasteiger partial charge in [0, 0.05) is 6.54 Å². The summed E-state index contributed by atoms with van der Waals surface area (Å²) in [6.07, 6.45) is 5.40. The summed E-state index contributed by atoms with van der Waals surface area (Å²) in [7, 11) is 0. The highest BCUT2D eigenvalue weighted by Gasteiger charge is 2.17. The fourth-order valence-corrected chi connectivity index (χ4v) is 2.49. The van der Waals surface area contributed by atoms with Crippen molar-refractivity contribution in [3.8, 4) is 0 Å². The summed E-state index contributed by atoms with van der Waals surface area (Å²) in [5.41, 5.74) is 1.29. The molecule has 0 amide bonds. The molecule has 0 fully saturated rings. The zero-order valence-electron chi connectivity index (χ0n) is 10.5. The summed E-state index contributed by atoms with van der Waals surface area (Å²) < 4.78 is 3.20. The molecule has 0 spiro atoms. The van der Waals surface area contributed by atoms with Crippen LogP contribution < -0.4 is 5.32 Å². The largest absolute Gasteiger partial charge is 0.309 e. The number of aryl methyl sites for hydroxylation is 1. The van der Waals surface area contributed by atoms with Gasteiger partial charge in [-0.25, -0.2) is 0 Å². The van der Waals surface area contributed by atoms with E-state index in [4.69, 9.17) is 0 Å². The molecule has 0 radical (unpaired) electrons. The topological polar surface area (TPSA) is 29.9 Å². The lowest BCUT2D eigenvalue weighted by atomic mass is 10.1. The maximum atomic E-state index is 4.38. The molecule has 1 heterocycles. The fourth-order valence-electron chi connectivity index (χ4n) is 1.91. The molecule has 92 valence electrons. The van der Waals surface area contributed by atoms with Gasteiger partial charge in [0.15, 0.2) is 0 Å². The van der Waals surface area contributed by atoms with Crippen molar-refractivity contribution in [3.63, 3.8) is 0 Å². The van der Waals surface area contributed by atoms with Crippen LogP contribution in [0.1, 0.15) is 51.8 Å². The molecule has 0 aliphatic rings. The van der Waals surface area contributed by atoms with Gasteiger partial charge in [-0.3, -0.25) is 4.68 Å². The van der Waals surface area contributed by atoms with E-state index in [1.165, 1.54) is 12.1 Å². The van der Waals surface area contributed by atoms with E-state index in [0.29, 0.717) is 6.04 Å². The lowest BCUT2D eigenvalue weighted by Gasteiger charge is -2.19. The molecule has 1 aromatic heterocycles. The van der Waals surface area contributed by atoms with Crippen LogP contribution in [0.5, 0.6) is 0 Å². The van der Waals surface area contributed by atoms with E-state index >= 15 is 0 Å². The second-order valence-corrected chi connectivity index (χ2v) is 4.84. The van der Waals surface area contributed by atoms with Gasteiger partial charge in [-0.05, 0) is 42.2 Å². The van der Waals surface area contributed by atoms with E-state index in [-0.39, 0.29) is 0 Å². The van der Waals surface area contributed by atoms with Crippen molar-refractivity contribution in [2.75, 3.05) is 6.54 Å². The van der Waals surface area contributed by atoms with E-state index in [9.17, 15) is 0 Å². The molecule has 1 aromatic rings. The number of rotatable bonds is 7. The molecule has 0 aromatic carbocycles. The molecule has 0 aliphatic heterocycles. The first kappa shape index (κ1) is 13.7. The van der Waals surface area contributed by atoms with E-state index < -0.39 is 0 Å². The summed E-state index contributed by atoms with van der Waals surface area (Å²) in [5.74, 6) is 0. The first-order valence-corrected chi connectivity index (χ1v) is 6.98. The molecule has 3 nitrogen and oxygen atoms in total. The normalized spacial score (nSPS) is 13.0. The Hall–Kier alpha value is -0.350. The Morgan fingerprint density at radius 1 is 1.38 bits per heavy atom. The number of nitrogens with zero attached hydrogens (tertiary/aromatic N) is 2. The van der Waals surface area contributed by atoms with Gasteiger partial charge < -0.3 is 5.32 Å². The van der Waals surface area contributed by atoms with Crippen molar-refractivity contribution in [3.05, 3.63) is 16.4 Å². The van der Waals surface area contributed by atoms with Gasteiger partial charge in [0.1, 0.15) is 0 Å². The van der Waals surface area contributed by atoms with Crippen LogP contribution in [0.25, 0.3) is 0 Å². The smallest absolute Gasteiger partial charge is 0.0695 e. The highest BCUT2D eigenvalue weighted by atomic mass is 79.9. The molecule has 0 aliphatic carbocycles. The van der Waals surface area contributed by atoms with Crippen LogP contribution in [-0.4, -0.2) is 16.3 Å². The first-order valence-electron chi connectivity index (χ1n) is 6.19. The minimum atomic E-state index is 0.418. The van der Waals surface area contributed by atoms with Gasteiger partial charge in [0.25, 0.3) is 0 Å². The summed E-state index contributed by atoms with van der Waals surface area (Å²) in [5, 5.41) is 7.97. The van der Waals surface area contributed by atoms with Gasteiger partial charge >= 0.3 is 0 Å². The van der Waals surface area contributed by atoms with E-state index in [2.05, 4.69) is 51.8 Å². The summed E-state index contributed by atoms with van der Waals surface area (Å²) in [4.78, 5) is 0. The first-order chi connectivity index (χ1) is 7.74. The maximum Gasteiger partial charge on any atom is 0.0695 e. The third kappa shape index (κ3) is 3.32. The number of halogens is 1. The second kappa shape index (κ2) is 7.07. The van der Waals surface area contributed by atoms with Crippen LogP contribution in [-0.2, 0) is 6.54 Å². The highest BCUT2D eigenvalue weighted by Crippen LogP contribution is 2.26. The monoisotopic (exact) mass is 287 g/mol. The molecular formula is C12H22BrN3. The molecule has 0 bridgehead atoms. The Balaban J connectivity index is 2.85. The fraction of sp³-hybridized carbons (Fsp3) is 0.750. The predicted octanol–water partition coefficient (Wildman–Crippen LogP) is 3.51. The van der Waals surface area contributed by atoms with Crippen LogP contribution >= 0.6 is 15.9 Å². The molecule has 16 heavy (non-hydrogen) atoms. The summed E-state index contributed by atoms with van der Waals surface area (Å²) in [6.45, 7) is 8.54. The average molecular weight is 288 g/mol. The number of hydrogen-bond donors (Lipinski definition) is 1. The van der Waals surface area contributed by atoms with Gasteiger partial charge in [0.05, 0.1) is 22.4 Å². The molecule has 1 unspecified atom stereocenters. The zero-order valence-corrected chi connectivity index (χ0v) is 12.0. The lowest BCUT2D eigenvalue weighted by molar-refractivity contribution is 0.451. The standard InChI is InChI=1S/C12H22BrN3/c1-4-7-11(14-8-5-2)12-10(13)9-15-16(12)6-3/h9,11,14H,4-8H2,1-3H3. The molecule has 0 saturated heterocycles. The van der Waals surface area contributed by atoms with Gasteiger partial charge in [-0.2, -0.15) is 5.10 Å². The molecule has 1 atom stereocenters. The van der Waals surface area contributed by atoms with Gasteiger partial charge in [-0.15, -0.1) is 0 Å². The summed E-state index contributed by atoms with van der Waals surface area (Å²) >= 11 is 3.60. The van der Waals surface area contributed by atoms with Gasteiger partial charge in [0.2, 0.25) is 0 Å². The Bertz CT molecular complexity index is 309. The predicted molar refractivity (Wildman–Crippen MR) is 71.5 cm³/mol. The van der Waals surface area contributed by atoms with E-state index in [0.717, 1.165) is 30.4 Å². The zero-order chi connectivity index (χ0) is 12.0. The Morgan fingerprint density at radius 3 is 2.69 bits per heavy atom. The van der Waals surface area contributed by atoms with Crippen molar-refractivity contribution in [1.29, 1.82) is 0 Å². The average Bonchev–Trinajstić information content (AvgIpc) is 2.66. The van der Waals surface area contributed by atoms with Gasteiger partial charge in [-0.1, -0.05) is 20.3 Å². The summed E-state index contributed by atoms with van der Waals surface area (Å²) in [6, 6.07) is 0.418. The second-order valence-electron chi connectivity index (χ2n) is 3.99. The quantitative estimate of drug-likeness (QED) is 0.832. The third-order valence-electron chi connectivity index (χ3n) is 2.68. The van der Waals surface area contributed by atoms with E-state index in [1.54, 1.807) is 0 Å². The maximum absolute atomic E-state index is 4.38. The Kier molecular flexibility index (Phi) is 6.06. The SMILES string of the molecule is CCCNC(CCC)c1c(Br)cnn1CC. The molecular weight excluding hydrogens is 266 g/mol.